The first-order valence-corrected chi connectivity index (χ1v) is 6.20. The van der Waals surface area contributed by atoms with Gasteiger partial charge in [-0.3, -0.25) is 14.9 Å². The number of amides is 2. The second-order valence-electron chi connectivity index (χ2n) is 4.65. The van der Waals surface area contributed by atoms with Crippen LogP contribution in [0.5, 0.6) is 0 Å². The number of nitrogens with zero attached hydrogens (tertiary/aromatic N) is 3. The molecule has 1 atom stereocenters. The number of carbonyl (C=O) groups is 2. The lowest BCUT2D eigenvalue weighted by molar-refractivity contribution is -0.123. The van der Waals surface area contributed by atoms with Crippen molar-refractivity contribution in [3.8, 4) is 0 Å². The average Bonchev–Trinajstić information content (AvgIpc) is 2.96. The highest BCUT2D eigenvalue weighted by atomic mass is 16.2. The number of fused-ring (bicyclic) bond motifs is 1. The van der Waals surface area contributed by atoms with Crippen LogP contribution in [-0.4, -0.2) is 26.6 Å². The molecule has 3 rings (SSSR count). The lowest BCUT2D eigenvalue weighted by Gasteiger charge is -2.09. The van der Waals surface area contributed by atoms with Crippen LogP contribution in [0.4, 0.5) is 11.6 Å². The van der Waals surface area contributed by atoms with Gasteiger partial charge in [-0.05, 0) is 19.1 Å². The van der Waals surface area contributed by atoms with Gasteiger partial charge in [-0.25, -0.2) is 4.68 Å². The molecule has 1 aliphatic heterocycles. The summed E-state index contributed by atoms with van der Waals surface area (Å²) in [5, 5.41) is 9.28. The minimum Gasteiger partial charge on any atom is -0.326 e. The monoisotopic (exact) mass is 271 g/mol. The predicted octanol–water partition coefficient (Wildman–Crippen LogP) is 1.11. The summed E-state index contributed by atoms with van der Waals surface area (Å²) in [5.74, 6) is -0.125. The zero-order valence-corrected chi connectivity index (χ0v) is 10.8. The third kappa shape index (κ3) is 2.25. The fourth-order valence-electron chi connectivity index (χ4n) is 2.08. The number of rotatable bonds is 3. The Bertz CT molecular complexity index is 662. The first-order valence-electron chi connectivity index (χ1n) is 6.20. The molecule has 7 nitrogen and oxygen atoms in total. The first-order chi connectivity index (χ1) is 9.63. The smallest absolute Gasteiger partial charge is 0.252 e. The van der Waals surface area contributed by atoms with E-state index in [1.807, 2.05) is 31.2 Å². The fraction of sp³-hybridized carbons (Fsp3) is 0.231. The van der Waals surface area contributed by atoms with E-state index >= 15 is 0 Å². The topological polar surface area (TPSA) is 88.9 Å². The molecule has 20 heavy (non-hydrogen) atoms. The summed E-state index contributed by atoms with van der Waals surface area (Å²) < 4.78 is 1.43. The molecule has 0 fully saturated rings. The largest absolute Gasteiger partial charge is 0.326 e. The molecule has 2 heterocycles. The zero-order valence-electron chi connectivity index (χ0n) is 10.8. The Kier molecular flexibility index (Phi) is 2.94. The van der Waals surface area contributed by atoms with Gasteiger partial charge in [0.1, 0.15) is 12.4 Å². The molecule has 0 saturated carbocycles. The molecule has 1 aliphatic rings. The maximum atomic E-state index is 12.0. The third-order valence-corrected chi connectivity index (χ3v) is 3.12. The summed E-state index contributed by atoms with van der Waals surface area (Å²) in [4.78, 5) is 27.6. The molecule has 2 aromatic rings. The van der Waals surface area contributed by atoms with Crippen LogP contribution in [0.25, 0.3) is 0 Å². The van der Waals surface area contributed by atoms with E-state index in [0.29, 0.717) is 11.6 Å². The molecular formula is C13H13N5O2. The quantitative estimate of drug-likeness (QED) is 0.875. The molecule has 7 heteroatoms. The Morgan fingerprint density at radius 2 is 2.15 bits per heavy atom. The average molecular weight is 271 g/mol. The lowest BCUT2D eigenvalue weighted by atomic mass is 10.2. The van der Waals surface area contributed by atoms with E-state index in [0.717, 1.165) is 5.56 Å². The van der Waals surface area contributed by atoms with Gasteiger partial charge in [0.2, 0.25) is 11.9 Å². The summed E-state index contributed by atoms with van der Waals surface area (Å²) in [7, 11) is 0. The Balaban J connectivity index is 1.68. The Labute approximate surface area is 115 Å². The number of aromatic nitrogens is 3. The molecule has 0 radical (unpaired) electrons. The van der Waals surface area contributed by atoms with Crippen molar-refractivity contribution < 1.29 is 9.59 Å². The van der Waals surface area contributed by atoms with Crippen LogP contribution in [0.3, 0.4) is 0 Å². The molecular weight excluding hydrogens is 258 g/mol. The highest BCUT2D eigenvalue weighted by Gasteiger charge is 2.33. The maximum Gasteiger partial charge on any atom is 0.252 e. The van der Waals surface area contributed by atoms with Crippen LogP contribution < -0.4 is 10.6 Å². The van der Waals surface area contributed by atoms with Crippen molar-refractivity contribution in [1.29, 1.82) is 0 Å². The van der Waals surface area contributed by atoms with E-state index in [9.17, 15) is 9.59 Å². The Morgan fingerprint density at radius 3 is 2.90 bits per heavy atom. The van der Waals surface area contributed by atoms with E-state index in [1.54, 1.807) is 0 Å². The Morgan fingerprint density at radius 1 is 1.40 bits per heavy atom. The van der Waals surface area contributed by atoms with Gasteiger partial charge in [0.25, 0.3) is 5.91 Å². The highest BCUT2D eigenvalue weighted by molar-refractivity contribution is 6.00. The van der Waals surface area contributed by atoms with Crippen molar-refractivity contribution >= 4 is 23.5 Å². The van der Waals surface area contributed by atoms with E-state index < -0.39 is 6.04 Å². The normalized spacial score (nSPS) is 16.6. The third-order valence-electron chi connectivity index (χ3n) is 3.12. The minimum absolute atomic E-state index is 0.0239. The SMILES string of the molecule is Cc1ccc(NC(=O)C[C@@H]2C(=O)Nc3ncnn32)cc1. The molecule has 1 aromatic carbocycles. The van der Waals surface area contributed by atoms with Gasteiger partial charge in [-0.1, -0.05) is 17.7 Å². The van der Waals surface area contributed by atoms with Gasteiger partial charge in [-0.15, -0.1) is 0 Å². The van der Waals surface area contributed by atoms with Crippen LogP contribution in [0, 0.1) is 6.92 Å². The molecule has 0 spiro atoms. The van der Waals surface area contributed by atoms with Crippen molar-refractivity contribution in [2.75, 3.05) is 10.6 Å². The summed E-state index contributed by atoms with van der Waals surface area (Å²) in [5.41, 5.74) is 1.82. The van der Waals surface area contributed by atoms with Crippen LogP contribution in [0.2, 0.25) is 0 Å². The number of nitrogens with one attached hydrogen (secondary N) is 2. The molecule has 0 saturated heterocycles. The van der Waals surface area contributed by atoms with Gasteiger partial charge in [0.15, 0.2) is 0 Å². The van der Waals surface area contributed by atoms with Gasteiger partial charge in [0.05, 0.1) is 6.42 Å². The van der Waals surface area contributed by atoms with Crippen molar-refractivity contribution in [2.24, 2.45) is 0 Å². The summed E-state index contributed by atoms with van der Waals surface area (Å²) >= 11 is 0. The molecule has 0 bridgehead atoms. The van der Waals surface area contributed by atoms with E-state index in [1.165, 1.54) is 11.0 Å². The fourth-order valence-corrected chi connectivity index (χ4v) is 2.08. The number of aryl methyl sites for hydroxylation is 1. The standard InChI is InChI=1S/C13H13N5O2/c1-8-2-4-9(5-3-8)16-11(19)6-10-12(20)17-13-14-7-15-18(10)13/h2-5,7,10H,6H2,1H3,(H,16,19)(H,14,15,17,20)/t10-/m1/s1. The van der Waals surface area contributed by atoms with Crippen molar-refractivity contribution in [1.82, 2.24) is 14.8 Å². The molecule has 2 N–H and O–H groups in total. The minimum atomic E-state index is -0.641. The van der Waals surface area contributed by atoms with E-state index in [4.69, 9.17) is 0 Å². The Hall–Kier alpha value is -2.70. The summed E-state index contributed by atoms with van der Waals surface area (Å²) in [6, 6.07) is 6.82. The first kappa shape index (κ1) is 12.3. The van der Waals surface area contributed by atoms with Gasteiger partial charge in [0, 0.05) is 5.69 Å². The van der Waals surface area contributed by atoms with Crippen molar-refractivity contribution in [3.63, 3.8) is 0 Å². The van der Waals surface area contributed by atoms with Crippen LogP contribution in [0.1, 0.15) is 18.0 Å². The van der Waals surface area contributed by atoms with E-state index in [2.05, 4.69) is 20.7 Å². The maximum absolute atomic E-state index is 12.0. The summed E-state index contributed by atoms with van der Waals surface area (Å²) in [6.45, 7) is 1.97. The van der Waals surface area contributed by atoms with Gasteiger partial charge >= 0.3 is 0 Å². The molecule has 0 aliphatic carbocycles. The second-order valence-corrected chi connectivity index (χ2v) is 4.65. The molecule has 2 amide bonds. The molecule has 0 unspecified atom stereocenters. The van der Waals surface area contributed by atoms with Crippen molar-refractivity contribution in [3.05, 3.63) is 36.2 Å². The summed E-state index contributed by atoms with van der Waals surface area (Å²) in [6.07, 6.45) is 1.37. The molecule has 1 aromatic heterocycles. The van der Waals surface area contributed by atoms with Gasteiger partial charge < -0.3 is 5.32 Å². The number of anilines is 2. The molecule has 102 valence electrons. The van der Waals surface area contributed by atoms with Crippen LogP contribution in [-0.2, 0) is 9.59 Å². The van der Waals surface area contributed by atoms with Crippen LogP contribution >= 0.6 is 0 Å². The second kappa shape index (κ2) is 4.76. The lowest BCUT2D eigenvalue weighted by Crippen LogP contribution is -2.23. The number of hydrogen-bond donors (Lipinski definition) is 2. The number of benzene rings is 1. The highest BCUT2D eigenvalue weighted by Crippen LogP contribution is 2.24. The zero-order chi connectivity index (χ0) is 14.1. The van der Waals surface area contributed by atoms with E-state index in [-0.39, 0.29) is 18.2 Å². The van der Waals surface area contributed by atoms with Crippen LogP contribution in [0.15, 0.2) is 30.6 Å². The van der Waals surface area contributed by atoms with Crippen molar-refractivity contribution in [2.45, 2.75) is 19.4 Å². The number of hydrogen-bond acceptors (Lipinski definition) is 4. The number of carbonyl (C=O) groups excluding carboxylic acids is 2. The predicted molar refractivity (Wildman–Crippen MR) is 72.1 cm³/mol. The van der Waals surface area contributed by atoms with Gasteiger partial charge in [-0.2, -0.15) is 10.1 Å².